The molecule has 2 N–H and O–H groups in total. The maximum atomic E-state index is 12.2. The maximum absolute atomic E-state index is 12.2. The van der Waals surface area contributed by atoms with E-state index in [-0.39, 0.29) is 36.7 Å². The van der Waals surface area contributed by atoms with E-state index in [9.17, 15) is 18.0 Å². The number of hydrogen-bond acceptors (Lipinski definition) is 4. The molecule has 3 rings (SSSR count). The molecule has 1 fully saturated rings. The number of nitrogens with one attached hydrogen (secondary N) is 2. The Morgan fingerprint density at radius 1 is 1.30 bits per heavy atom. The summed E-state index contributed by atoms with van der Waals surface area (Å²) in [6, 6.07) is 7.25. The van der Waals surface area contributed by atoms with Gasteiger partial charge < -0.3 is 15.4 Å². The molecule has 27 heavy (non-hydrogen) atoms. The lowest BCUT2D eigenvalue weighted by Crippen LogP contribution is -2.32. The van der Waals surface area contributed by atoms with Crippen molar-refractivity contribution in [3.05, 3.63) is 47.8 Å². The average molecular weight is 405 g/mol. The lowest BCUT2D eigenvalue weighted by molar-refractivity contribution is -0.274. The summed E-state index contributed by atoms with van der Waals surface area (Å²) < 4.78 is 42.0. The fraction of sp³-hybridized carbons (Fsp3) is 0.412. The Balaban J connectivity index is 0.00000261. The standard InChI is InChI=1S/C17H19F3N4O2.ClH/c18-17(19,20)26-14-5-3-12(4-6-14)10-22-16(25)15-7-9-24(23-15)13-2-1-8-21-11-13;/h3-7,9,13,21H,1-2,8,10-11H2,(H,22,25);1H. The molecular formula is C17H20ClF3N4O2. The highest BCUT2D eigenvalue weighted by atomic mass is 35.5. The number of carbonyl (C=O) groups excluding carboxylic acids is 1. The van der Waals surface area contributed by atoms with E-state index in [0.29, 0.717) is 11.3 Å². The number of halogens is 4. The van der Waals surface area contributed by atoms with E-state index in [0.717, 1.165) is 25.9 Å². The van der Waals surface area contributed by atoms with Gasteiger partial charge in [0.2, 0.25) is 0 Å². The summed E-state index contributed by atoms with van der Waals surface area (Å²) in [6.07, 6.45) is -0.847. The Labute approximate surface area is 160 Å². The van der Waals surface area contributed by atoms with Crippen molar-refractivity contribution in [2.24, 2.45) is 0 Å². The molecule has 1 amide bonds. The Hall–Kier alpha value is -2.26. The maximum Gasteiger partial charge on any atom is 0.573 e. The number of hydrogen-bond donors (Lipinski definition) is 2. The van der Waals surface area contributed by atoms with Gasteiger partial charge in [-0.2, -0.15) is 5.10 Å². The molecule has 1 aliphatic rings. The van der Waals surface area contributed by atoms with Crippen LogP contribution in [-0.2, 0) is 6.54 Å². The molecule has 1 atom stereocenters. The molecule has 1 aromatic carbocycles. The number of alkyl halides is 3. The number of aromatic nitrogens is 2. The predicted molar refractivity (Wildman–Crippen MR) is 94.9 cm³/mol. The zero-order valence-electron chi connectivity index (χ0n) is 14.3. The van der Waals surface area contributed by atoms with E-state index in [2.05, 4.69) is 20.5 Å². The molecule has 1 unspecified atom stereocenters. The lowest BCUT2D eigenvalue weighted by atomic mass is 10.1. The third kappa shape index (κ3) is 6.14. The van der Waals surface area contributed by atoms with E-state index < -0.39 is 6.36 Å². The molecular weight excluding hydrogens is 385 g/mol. The Morgan fingerprint density at radius 3 is 2.67 bits per heavy atom. The minimum absolute atomic E-state index is 0. The van der Waals surface area contributed by atoms with Gasteiger partial charge >= 0.3 is 6.36 Å². The topological polar surface area (TPSA) is 68.2 Å². The highest BCUT2D eigenvalue weighted by molar-refractivity contribution is 5.92. The Bertz CT molecular complexity index is 743. The molecule has 10 heteroatoms. The minimum Gasteiger partial charge on any atom is -0.406 e. The monoisotopic (exact) mass is 404 g/mol. The van der Waals surface area contributed by atoms with Crippen molar-refractivity contribution >= 4 is 18.3 Å². The molecule has 0 aliphatic carbocycles. The number of nitrogens with zero attached hydrogens (tertiary/aromatic N) is 2. The second kappa shape index (κ2) is 9.09. The van der Waals surface area contributed by atoms with Crippen LogP contribution in [0.15, 0.2) is 36.5 Å². The SMILES string of the molecule is Cl.O=C(NCc1ccc(OC(F)(F)F)cc1)c1ccn(C2CCCNC2)n1. The fourth-order valence-electron chi connectivity index (χ4n) is 2.80. The molecule has 0 saturated carbocycles. The van der Waals surface area contributed by atoms with Gasteiger partial charge in [0, 0.05) is 19.3 Å². The predicted octanol–water partition coefficient (Wildman–Crippen LogP) is 3.06. The van der Waals surface area contributed by atoms with Gasteiger partial charge in [-0.1, -0.05) is 12.1 Å². The van der Waals surface area contributed by atoms with Gasteiger partial charge in [-0.25, -0.2) is 0 Å². The van der Waals surface area contributed by atoms with Crippen LogP contribution in [-0.4, -0.2) is 35.1 Å². The van der Waals surface area contributed by atoms with Crippen molar-refractivity contribution in [1.82, 2.24) is 20.4 Å². The van der Waals surface area contributed by atoms with Gasteiger partial charge in [-0.15, -0.1) is 25.6 Å². The Kier molecular flexibility index (Phi) is 7.09. The van der Waals surface area contributed by atoms with Crippen molar-refractivity contribution in [1.29, 1.82) is 0 Å². The number of piperidine rings is 1. The van der Waals surface area contributed by atoms with Crippen molar-refractivity contribution in [2.75, 3.05) is 13.1 Å². The Morgan fingerprint density at radius 2 is 2.04 bits per heavy atom. The quantitative estimate of drug-likeness (QED) is 0.803. The van der Waals surface area contributed by atoms with Crippen LogP contribution in [0.25, 0.3) is 0 Å². The van der Waals surface area contributed by atoms with Crippen molar-refractivity contribution in [3.63, 3.8) is 0 Å². The van der Waals surface area contributed by atoms with E-state index >= 15 is 0 Å². The summed E-state index contributed by atoms with van der Waals surface area (Å²) in [5, 5.41) is 10.3. The largest absolute Gasteiger partial charge is 0.573 e. The minimum atomic E-state index is -4.72. The molecule has 1 saturated heterocycles. The first-order valence-electron chi connectivity index (χ1n) is 8.29. The smallest absolute Gasteiger partial charge is 0.406 e. The third-order valence-corrected chi connectivity index (χ3v) is 4.10. The first-order valence-corrected chi connectivity index (χ1v) is 8.29. The van der Waals surface area contributed by atoms with Crippen molar-refractivity contribution in [2.45, 2.75) is 31.8 Å². The van der Waals surface area contributed by atoms with Crippen LogP contribution in [0.5, 0.6) is 5.75 Å². The third-order valence-electron chi connectivity index (χ3n) is 4.10. The van der Waals surface area contributed by atoms with E-state index in [1.165, 1.54) is 24.3 Å². The average Bonchev–Trinajstić information content (AvgIpc) is 3.10. The summed E-state index contributed by atoms with van der Waals surface area (Å²) in [6.45, 7) is 2.01. The van der Waals surface area contributed by atoms with Gasteiger partial charge in [0.05, 0.1) is 6.04 Å². The van der Waals surface area contributed by atoms with Crippen molar-refractivity contribution < 1.29 is 22.7 Å². The normalized spacial score (nSPS) is 17.1. The number of carbonyl (C=O) groups is 1. The van der Waals surface area contributed by atoms with Gasteiger partial charge in [-0.3, -0.25) is 9.48 Å². The number of rotatable bonds is 5. The summed E-state index contributed by atoms with van der Waals surface area (Å²) in [7, 11) is 0. The summed E-state index contributed by atoms with van der Waals surface area (Å²) in [5.41, 5.74) is 0.969. The van der Waals surface area contributed by atoms with Gasteiger partial charge in [0.25, 0.3) is 5.91 Å². The van der Waals surface area contributed by atoms with Gasteiger partial charge in [0.15, 0.2) is 0 Å². The summed E-state index contributed by atoms with van der Waals surface area (Å²) >= 11 is 0. The van der Waals surface area contributed by atoms with E-state index in [4.69, 9.17) is 0 Å². The zero-order chi connectivity index (χ0) is 18.6. The van der Waals surface area contributed by atoms with Crippen LogP contribution in [0.1, 0.15) is 34.9 Å². The fourth-order valence-corrected chi connectivity index (χ4v) is 2.80. The lowest BCUT2D eigenvalue weighted by Gasteiger charge is -2.22. The van der Waals surface area contributed by atoms with E-state index in [1.54, 1.807) is 16.9 Å². The van der Waals surface area contributed by atoms with Gasteiger partial charge in [0.1, 0.15) is 11.4 Å². The van der Waals surface area contributed by atoms with Crippen LogP contribution >= 0.6 is 12.4 Å². The molecule has 0 bridgehead atoms. The van der Waals surface area contributed by atoms with Crippen LogP contribution in [0.2, 0.25) is 0 Å². The molecule has 148 valence electrons. The summed E-state index contributed by atoms with van der Waals surface area (Å²) in [5.74, 6) is -0.629. The molecule has 1 aliphatic heterocycles. The first-order chi connectivity index (χ1) is 12.4. The number of ether oxygens (including phenoxy) is 1. The second-order valence-electron chi connectivity index (χ2n) is 6.06. The molecule has 0 spiro atoms. The number of benzene rings is 1. The molecule has 1 aromatic heterocycles. The van der Waals surface area contributed by atoms with Crippen LogP contribution < -0.4 is 15.4 Å². The zero-order valence-corrected chi connectivity index (χ0v) is 15.1. The van der Waals surface area contributed by atoms with Crippen LogP contribution in [0, 0.1) is 0 Å². The highest BCUT2D eigenvalue weighted by Crippen LogP contribution is 2.22. The highest BCUT2D eigenvalue weighted by Gasteiger charge is 2.30. The molecule has 6 nitrogen and oxygen atoms in total. The molecule has 2 aromatic rings. The van der Waals surface area contributed by atoms with Gasteiger partial charge in [-0.05, 0) is 43.1 Å². The molecule has 0 radical (unpaired) electrons. The van der Waals surface area contributed by atoms with Crippen LogP contribution in [0.4, 0.5) is 13.2 Å². The van der Waals surface area contributed by atoms with E-state index in [1.807, 2.05) is 0 Å². The second-order valence-corrected chi connectivity index (χ2v) is 6.06. The first kappa shape index (κ1) is 21.0. The molecule has 2 heterocycles. The van der Waals surface area contributed by atoms with Crippen molar-refractivity contribution in [3.8, 4) is 5.75 Å². The number of amides is 1. The summed E-state index contributed by atoms with van der Waals surface area (Å²) in [4.78, 5) is 12.2. The van der Waals surface area contributed by atoms with Crippen LogP contribution in [0.3, 0.4) is 0 Å².